The van der Waals surface area contributed by atoms with Crippen LogP contribution in [0, 0.1) is 11.8 Å². The Bertz CT molecular complexity index is 610. The zero-order chi connectivity index (χ0) is 18.4. The van der Waals surface area contributed by atoms with Crippen LogP contribution in [0.4, 0.5) is 16.2 Å². The molecule has 2 rings (SSSR count). The van der Waals surface area contributed by atoms with Gasteiger partial charge in [-0.2, -0.15) is 0 Å². The second-order valence-corrected chi connectivity index (χ2v) is 7.58. The van der Waals surface area contributed by atoms with Gasteiger partial charge in [0.1, 0.15) is 0 Å². The van der Waals surface area contributed by atoms with Gasteiger partial charge in [0.2, 0.25) is 5.91 Å². The minimum absolute atomic E-state index is 0.0304. The quantitative estimate of drug-likeness (QED) is 0.581. The molecule has 4 N–H and O–H groups in total. The van der Waals surface area contributed by atoms with E-state index in [9.17, 15) is 14.7 Å². The zero-order valence-corrected chi connectivity index (χ0v) is 15.3. The Hall–Kier alpha value is -2.08. The molecule has 0 spiro atoms. The lowest BCUT2D eigenvalue weighted by molar-refractivity contribution is -0.117. The molecule has 1 fully saturated rings. The summed E-state index contributed by atoms with van der Waals surface area (Å²) in [6.07, 6.45) is 3.43. The van der Waals surface area contributed by atoms with Gasteiger partial charge in [-0.15, -0.1) is 0 Å². The number of anilines is 2. The molecule has 1 saturated carbocycles. The molecular formula is C19H29N3O3. The number of benzene rings is 1. The Kier molecular flexibility index (Phi) is 6.42. The second kappa shape index (κ2) is 8.34. The maximum absolute atomic E-state index is 12.0. The van der Waals surface area contributed by atoms with E-state index in [2.05, 4.69) is 29.8 Å². The standard InChI is InChI=1S/C19H29N3O3/c1-13(2)9-10-19(3,25)12-20-18(24)22-16-6-4-5-15(11-16)21-17(23)14-7-8-14/h4-6,11,13-14,25H,7-10,12H2,1-3H3,(H,21,23)(H2,20,22,24)/t19-/m1/s1. The van der Waals surface area contributed by atoms with Crippen molar-refractivity contribution >= 4 is 23.3 Å². The van der Waals surface area contributed by atoms with E-state index in [0.29, 0.717) is 23.7 Å². The first-order valence-corrected chi connectivity index (χ1v) is 8.93. The predicted octanol–water partition coefficient (Wildman–Crippen LogP) is 3.34. The Balaban J connectivity index is 1.80. The monoisotopic (exact) mass is 347 g/mol. The van der Waals surface area contributed by atoms with Gasteiger partial charge in [-0.05, 0) is 56.7 Å². The summed E-state index contributed by atoms with van der Waals surface area (Å²) in [6.45, 7) is 6.11. The van der Waals surface area contributed by atoms with Crippen molar-refractivity contribution in [2.45, 2.75) is 52.1 Å². The first-order valence-electron chi connectivity index (χ1n) is 8.93. The maximum atomic E-state index is 12.0. The number of carbonyl (C=O) groups excluding carboxylic acids is 2. The van der Waals surface area contributed by atoms with Gasteiger partial charge in [0.05, 0.1) is 5.60 Å². The maximum Gasteiger partial charge on any atom is 0.319 e. The van der Waals surface area contributed by atoms with E-state index in [1.165, 1.54) is 0 Å². The number of urea groups is 1. The number of amides is 3. The van der Waals surface area contributed by atoms with Crippen LogP contribution < -0.4 is 16.0 Å². The average molecular weight is 347 g/mol. The molecule has 0 aromatic heterocycles. The molecule has 1 aromatic carbocycles. The van der Waals surface area contributed by atoms with E-state index in [1.807, 2.05) is 0 Å². The number of nitrogens with one attached hydrogen (secondary N) is 3. The van der Waals surface area contributed by atoms with Gasteiger partial charge in [0.25, 0.3) is 0 Å². The summed E-state index contributed by atoms with van der Waals surface area (Å²) in [5.74, 6) is 0.671. The first-order chi connectivity index (χ1) is 11.7. The summed E-state index contributed by atoms with van der Waals surface area (Å²) < 4.78 is 0. The van der Waals surface area contributed by atoms with Gasteiger partial charge in [0.15, 0.2) is 0 Å². The van der Waals surface area contributed by atoms with Crippen LogP contribution in [0.25, 0.3) is 0 Å². The Morgan fingerprint density at radius 3 is 2.48 bits per heavy atom. The molecule has 0 radical (unpaired) electrons. The van der Waals surface area contributed by atoms with Crippen molar-refractivity contribution in [1.29, 1.82) is 0 Å². The lowest BCUT2D eigenvalue weighted by atomic mass is 9.95. The summed E-state index contributed by atoms with van der Waals surface area (Å²) in [4.78, 5) is 23.8. The highest BCUT2D eigenvalue weighted by molar-refractivity contribution is 5.95. The summed E-state index contributed by atoms with van der Waals surface area (Å²) in [5, 5.41) is 18.6. The number of hydrogen-bond acceptors (Lipinski definition) is 3. The van der Waals surface area contributed by atoms with Crippen molar-refractivity contribution in [1.82, 2.24) is 5.32 Å². The molecule has 0 aliphatic heterocycles. The molecule has 1 atom stereocenters. The number of hydrogen-bond donors (Lipinski definition) is 4. The third kappa shape index (κ3) is 7.13. The molecule has 25 heavy (non-hydrogen) atoms. The van der Waals surface area contributed by atoms with Crippen molar-refractivity contribution in [2.75, 3.05) is 17.2 Å². The van der Waals surface area contributed by atoms with Crippen molar-refractivity contribution in [3.05, 3.63) is 24.3 Å². The molecule has 0 heterocycles. The molecule has 1 aromatic rings. The minimum atomic E-state index is -0.929. The molecule has 0 unspecified atom stereocenters. The largest absolute Gasteiger partial charge is 0.388 e. The highest BCUT2D eigenvalue weighted by Gasteiger charge is 2.29. The normalized spacial score (nSPS) is 16.2. The Morgan fingerprint density at radius 1 is 1.24 bits per heavy atom. The van der Waals surface area contributed by atoms with Crippen LogP contribution in [-0.4, -0.2) is 29.2 Å². The van der Waals surface area contributed by atoms with Crippen LogP contribution in [-0.2, 0) is 4.79 Å². The topological polar surface area (TPSA) is 90.5 Å². The van der Waals surface area contributed by atoms with Gasteiger partial charge in [0, 0.05) is 23.8 Å². The van der Waals surface area contributed by atoms with Crippen LogP contribution in [0.5, 0.6) is 0 Å². The minimum Gasteiger partial charge on any atom is -0.388 e. The third-order valence-corrected chi connectivity index (χ3v) is 4.23. The molecule has 3 amide bonds. The van der Waals surface area contributed by atoms with E-state index in [-0.39, 0.29) is 24.4 Å². The van der Waals surface area contributed by atoms with E-state index in [1.54, 1.807) is 31.2 Å². The van der Waals surface area contributed by atoms with Gasteiger partial charge >= 0.3 is 6.03 Å². The fourth-order valence-electron chi connectivity index (χ4n) is 2.40. The molecule has 6 heteroatoms. The van der Waals surface area contributed by atoms with E-state index in [4.69, 9.17) is 0 Å². The molecule has 0 bridgehead atoms. The summed E-state index contributed by atoms with van der Waals surface area (Å²) in [5.41, 5.74) is 0.327. The smallest absolute Gasteiger partial charge is 0.319 e. The predicted molar refractivity (Wildman–Crippen MR) is 99.5 cm³/mol. The van der Waals surface area contributed by atoms with Gasteiger partial charge < -0.3 is 21.1 Å². The number of aliphatic hydroxyl groups is 1. The van der Waals surface area contributed by atoms with E-state index in [0.717, 1.165) is 19.3 Å². The van der Waals surface area contributed by atoms with E-state index >= 15 is 0 Å². The SMILES string of the molecule is CC(C)CC[C@@](C)(O)CNC(=O)Nc1cccc(NC(=O)C2CC2)c1. The number of rotatable bonds is 8. The molecular weight excluding hydrogens is 318 g/mol. The van der Waals surface area contributed by atoms with Crippen LogP contribution in [0.2, 0.25) is 0 Å². The summed E-state index contributed by atoms with van der Waals surface area (Å²) >= 11 is 0. The zero-order valence-electron chi connectivity index (χ0n) is 15.3. The van der Waals surface area contributed by atoms with Crippen molar-refractivity contribution in [3.63, 3.8) is 0 Å². The van der Waals surface area contributed by atoms with Crippen molar-refractivity contribution < 1.29 is 14.7 Å². The first kappa shape index (κ1) is 19.2. The van der Waals surface area contributed by atoms with Crippen LogP contribution >= 0.6 is 0 Å². The Morgan fingerprint density at radius 2 is 1.88 bits per heavy atom. The fraction of sp³-hybridized carbons (Fsp3) is 0.579. The molecule has 6 nitrogen and oxygen atoms in total. The fourth-order valence-corrected chi connectivity index (χ4v) is 2.40. The highest BCUT2D eigenvalue weighted by atomic mass is 16.3. The summed E-state index contributed by atoms with van der Waals surface area (Å²) in [6, 6.07) is 6.66. The van der Waals surface area contributed by atoms with Gasteiger partial charge in [-0.3, -0.25) is 4.79 Å². The molecule has 138 valence electrons. The molecule has 1 aliphatic rings. The summed E-state index contributed by atoms with van der Waals surface area (Å²) in [7, 11) is 0. The van der Waals surface area contributed by atoms with Gasteiger partial charge in [-0.1, -0.05) is 19.9 Å². The van der Waals surface area contributed by atoms with Crippen LogP contribution in [0.1, 0.15) is 46.5 Å². The van der Waals surface area contributed by atoms with E-state index < -0.39 is 5.60 Å². The molecule has 0 saturated heterocycles. The second-order valence-electron chi connectivity index (χ2n) is 7.58. The van der Waals surface area contributed by atoms with Crippen molar-refractivity contribution in [3.8, 4) is 0 Å². The lowest BCUT2D eigenvalue weighted by Gasteiger charge is -2.24. The Labute approximate surface area is 149 Å². The van der Waals surface area contributed by atoms with Crippen LogP contribution in [0.15, 0.2) is 24.3 Å². The highest BCUT2D eigenvalue weighted by Crippen LogP contribution is 2.30. The van der Waals surface area contributed by atoms with Gasteiger partial charge in [-0.25, -0.2) is 4.79 Å². The third-order valence-electron chi connectivity index (χ3n) is 4.23. The number of carbonyl (C=O) groups is 2. The molecule has 1 aliphatic carbocycles. The van der Waals surface area contributed by atoms with Crippen molar-refractivity contribution in [2.24, 2.45) is 11.8 Å². The van der Waals surface area contributed by atoms with Crippen LogP contribution in [0.3, 0.4) is 0 Å². The lowest BCUT2D eigenvalue weighted by Crippen LogP contribution is -2.42. The average Bonchev–Trinajstić information content (AvgIpc) is 3.37.